The Bertz CT molecular complexity index is 206. The molecule has 0 fully saturated rings. The van der Waals surface area contributed by atoms with E-state index in [1.807, 2.05) is 30.3 Å². The lowest BCUT2D eigenvalue weighted by molar-refractivity contribution is 0.256. The largest absolute Gasteiger partial charge is 0.493 e. The van der Waals surface area contributed by atoms with Gasteiger partial charge in [0.15, 0.2) is 0 Å². The molecule has 0 aromatic heterocycles. The van der Waals surface area contributed by atoms with E-state index in [-0.39, 0.29) is 0 Å². The van der Waals surface area contributed by atoms with Crippen molar-refractivity contribution in [2.24, 2.45) is 5.92 Å². The number of benzene rings is 1. The predicted molar refractivity (Wildman–Crippen MR) is 51.4 cm³/mol. The van der Waals surface area contributed by atoms with Crippen molar-refractivity contribution in [3.05, 3.63) is 30.3 Å². The summed E-state index contributed by atoms with van der Waals surface area (Å²) >= 11 is 0. The average molecular weight is 164 g/mol. The van der Waals surface area contributed by atoms with E-state index in [0.29, 0.717) is 5.92 Å². The smallest absolute Gasteiger partial charge is 0.119 e. The summed E-state index contributed by atoms with van der Waals surface area (Å²) in [6.45, 7) is 5.20. The van der Waals surface area contributed by atoms with Crippen molar-refractivity contribution >= 4 is 0 Å². The van der Waals surface area contributed by atoms with Crippen LogP contribution in [0.2, 0.25) is 0 Å². The number of hydrogen-bond acceptors (Lipinski definition) is 1. The van der Waals surface area contributed by atoms with Gasteiger partial charge < -0.3 is 4.74 Å². The van der Waals surface area contributed by atoms with Crippen LogP contribution in [0, 0.1) is 5.92 Å². The Balaban J connectivity index is 2.33. The molecule has 1 unspecified atom stereocenters. The highest BCUT2D eigenvalue weighted by atomic mass is 16.5. The van der Waals surface area contributed by atoms with Gasteiger partial charge in [-0.05, 0) is 18.1 Å². The Kier molecular flexibility index (Phi) is 3.65. The fraction of sp³-hybridized carbons (Fsp3) is 0.455. The highest BCUT2D eigenvalue weighted by Crippen LogP contribution is 2.10. The van der Waals surface area contributed by atoms with Gasteiger partial charge >= 0.3 is 0 Å². The first-order valence-electron chi connectivity index (χ1n) is 4.50. The van der Waals surface area contributed by atoms with Crippen LogP contribution in [0.5, 0.6) is 5.75 Å². The molecule has 0 bridgehead atoms. The molecule has 1 rings (SSSR count). The molecule has 12 heavy (non-hydrogen) atoms. The molecule has 1 aromatic rings. The monoisotopic (exact) mass is 164 g/mol. The minimum Gasteiger partial charge on any atom is -0.493 e. The van der Waals surface area contributed by atoms with E-state index >= 15 is 0 Å². The summed E-state index contributed by atoms with van der Waals surface area (Å²) in [5.41, 5.74) is 0. The zero-order chi connectivity index (χ0) is 8.81. The Morgan fingerprint density at radius 1 is 1.25 bits per heavy atom. The van der Waals surface area contributed by atoms with Crippen molar-refractivity contribution in [2.45, 2.75) is 20.3 Å². The molecule has 1 nitrogen and oxygen atoms in total. The standard InChI is InChI=1S/C11H16O/c1-3-10(2)9-12-11-7-5-4-6-8-11/h4-8,10H,3,9H2,1-2H3. The van der Waals surface area contributed by atoms with Crippen molar-refractivity contribution in [2.75, 3.05) is 6.61 Å². The number of para-hydroxylation sites is 1. The molecule has 0 amide bonds. The maximum absolute atomic E-state index is 5.56. The van der Waals surface area contributed by atoms with Crippen molar-refractivity contribution in [3.8, 4) is 5.75 Å². The molecule has 66 valence electrons. The van der Waals surface area contributed by atoms with Gasteiger partial charge in [0.2, 0.25) is 0 Å². The van der Waals surface area contributed by atoms with Crippen LogP contribution in [0.25, 0.3) is 0 Å². The summed E-state index contributed by atoms with van der Waals surface area (Å²) in [6.07, 6.45) is 1.17. The van der Waals surface area contributed by atoms with Gasteiger partial charge in [-0.15, -0.1) is 0 Å². The first kappa shape index (κ1) is 9.11. The van der Waals surface area contributed by atoms with Crippen LogP contribution in [-0.4, -0.2) is 6.61 Å². The SMILES string of the molecule is CCC(C)COc1ccccc1. The highest BCUT2D eigenvalue weighted by Gasteiger charge is 1.98. The first-order chi connectivity index (χ1) is 5.83. The van der Waals surface area contributed by atoms with E-state index in [1.54, 1.807) is 0 Å². The minimum absolute atomic E-state index is 0.644. The molecule has 1 heteroatoms. The van der Waals surface area contributed by atoms with Gasteiger partial charge in [-0.25, -0.2) is 0 Å². The minimum atomic E-state index is 0.644. The van der Waals surface area contributed by atoms with Crippen molar-refractivity contribution in [3.63, 3.8) is 0 Å². The molecule has 0 saturated carbocycles. The third-order valence-corrected chi connectivity index (χ3v) is 1.97. The van der Waals surface area contributed by atoms with E-state index in [4.69, 9.17) is 4.74 Å². The van der Waals surface area contributed by atoms with E-state index in [1.165, 1.54) is 6.42 Å². The maximum Gasteiger partial charge on any atom is 0.119 e. The highest BCUT2D eigenvalue weighted by molar-refractivity contribution is 5.20. The maximum atomic E-state index is 5.56. The Morgan fingerprint density at radius 3 is 2.50 bits per heavy atom. The van der Waals surface area contributed by atoms with Crippen LogP contribution in [0.3, 0.4) is 0 Å². The molecule has 0 radical (unpaired) electrons. The summed E-state index contributed by atoms with van der Waals surface area (Å²) in [5, 5.41) is 0. The summed E-state index contributed by atoms with van der Waals surface area (Å²) < 4.78 is 5.56. The summed E-state index contributed by atoms with van der Waals surface area (Å²) in [6, 6.07) is 9.96. The second kappa shape index (κ2) is 4.81. The number of rotatable bonds is 4. The molecule has 1 aromatic carbocycles. The molecule has 0 spiro atoms. The van der Waals surface area contributed by atoms with Gasteiger partial charge in [0.25, 0.3) is 0 Å². The zero-order valence-corrected chi connectivity index (χ0v) is 7.79. The van der Waals surface area contributed by atoms with Gasteiger partial charge in [0.05, 0.1) is 6.61 Å². The summed E-state index contributed by atoms with van der Waals surface area (Å²) in [4.78, 5) is 0. The number of ether oxygens (including phenoxy) is 1. The van der Waals surface area contributed by atoms with Gasteiger partial charge in [-0.1, -0.05) is 38.5 Å². The van der Waals surface area contributed by atoms with E-state index in [9.17, 15) is 0 Å². The van der Waals surface area contributed by atoms with Crippen molar-refractivity contribution in [1.29, 1.82) is 0 Å². The summed E-state index contributed by atoms with van der Waals surface area (Å²) in [7, 11) is 0. The van der Waals surface area contributed by atoms with Crippen molar-refractivity contribution < 1.29 is 4.74 Å². The zero-order valence-electron chi connectivity index (χ0n) is 7.79. The van der Waals surface area contributed by atoms with E-state index < -0.39 is 0 Å². The van der Waals surface area contributed by atoms with Gasteiger partial charge in [-0.2, -0.15) is 0 Å². The lowest BCUT2D eigenvalue weighted by atomic mass is 10.1. The molecular weight excluding hydrogens is 148 g/mol. The van der Waals surface area contributed by atoms with Crippen LogP contribution < -0.4 is 4.74 Å². The van der Waals surface area contributed by atoms with Gasteiger partial charge in [-0.3, -0.25) is 0 Å². The molecule has 1 atom stereocenters. The van der Waals surface area contributed by atoms with Crippen LogP contribution in [0.15, 0.2) is 30.3 Å². The van der Waals surface area contributed by atoms with E-state index in [0.717, 1.165) is 12.4 Å². The fourth-order valence-electron chi connectivity index (χ4n) is 0.873. The molecular formula is C11H16O. The normalized spacial score (nSPS) is 12.5. The summed E-state index contributed by atoms with van der Waals surface area (Å²) in [5.74, 6) is 1.61. The van der Waals surface area contributed by atoms with Gasteiger partial charge in [0.1, 0.15) is 5.75 Å². The molecule has 0 aliphatic carbocycles. The second-order valence-corrected chi connectivity index (χ2v) is 3.14. The van der Waals surface area contributed by atoms with Crippen LogP contribution in [-0.2, 0) is 0 Å². The Hall–Kier alpha value is -0.980. The average Bonchev–Trinajstić information content (AvgIpc) is 2.16. The van der Waals surface area contributed by atoms with E-state index in [2.05, 4.69) is 13.8 Å². The second-order valence-electron chi connectivity index (χ2n) is 3.14. The topological polar surface area (TPSA) is 9.23 Å². The fourth-order valence-corrected chi connectivity index (χ4v) is 0.873. The Morgan fingerprint density at radius 2 is 1.92 bits per heavy atom. The lowest BCUT2D eigenvalue weighted by Gasteiger charge is -2.10. The Labute approximate surface area is 74.4 Å². The van der Waals surface area contributed by atoms with Gasteiger partial charge in [0, 0.05) is 0 Å². The van der Waals surface area contributed by atoms with Crippen molar-refractivity contribution in [1.82, 2.24) is 0 Å². The van der Waals surface area contributed by atoms with Crippen LogP contribution in [0.1, 0.15) is 20.3 Å². The molecule has 0 aliphatic rings. The van der Waals surface area contributed by atoms with Crippen LogP contribution >= 0.6 is 0 Å². The number of hydrogen-bond donors (Lipinski definition) is 0. The third kappa shape index (κ3) is 2.95. The quantitative estimate of drug-likeness (QED) is 0.664. The predicted octanol–water partition coefficient (Wildman–Crippen LogP) is 3.11. The van der Waals surface area contributed by atoms with Crippen LogP contribution in [0.4, 0.5) is 0 Å². The molecule has 0 N–H and O–H groups in total. The molecule has 0 heterocycles. The lowest BCUT2D eigenvalue weighted by Crippen LogP contribution is -2.06. The first-order valence-corrected chi connectivity index (χ1v) is 4.50. The molecule has 0 saturated heterocycles. The molecule has 0 aliphatic heterocycles. The third-order valence-electron chi connectivity index (χ3n) is 1.97.